The Labute approximate surface area is 154 Å². The minimum absolute atomic E-state index is 0.143. The summed E-state index contributed by atoms with van der Waals surface area (Å²) >= 11 is 0. The van der Waals surface area contributed by atoms with Crippen molar-refractivity contribution in [3.8, 4) is 5.75 Å². The maximum atomic E-state index is 5.72. The third-order valence-electron chi connectivity index (χ3n) is 4.56. The molecule has 0 saturated heterocycles. The summed E-state index contributed by atoms with van der Waals surface area (Å²) in [6, 6.07) is 14.2. The number of benzene rings is 2. The van der Waals surface area contributed by atoms with Crippen molar-refractivity contribution in [2.45, 2.75) is 26.4 Å². The van der Waals surface area contributed by atoms with Crippen LogP contribution in [-0.4, -0.2) is 37.7 Å². The van der Waals surface area contributed by atoms with Crippen LogP contribution < -0.4 is 4.74 Å². The Hall–Kier alpha value is -2.82. The van der Waals surface area contributed by atoms with Gasteiger partial charge in [0.2, 0.25) is 0 Å². The van der Waals surface area contributed by atoms with E-state index in [2.05, 4.69) is 42.2 Å². The van der Waals surface area contributed by atoms with E-state index in [9.17, 15) is 0 Å². The highest BCUT2D eigenvalue weighted by Gasteiger charge is 2.27. The Bertz CT molecular complexity index is 816. The van der Waals surface area contributed by atoms with Crippen molar-refractivity contribution in [2.24, 2.45) is 10.1 Å². The van der Waals surface area contributed by atoms with Crippen molar-refractivity contribution in [2.75, 3.05) is 20.7 Å². The van der Waals surface area contributed by atoms with Crippen LogP contribution in [0.2, 0.25) is 0 Å². The Morgan fingerprint density at radius 1 is 1.31 bits per heavy atom. The molecular formula is C21H25N3O2. The van der Waals surface area contributed by atoms with Crippen molar-refractivity contribution < 1.29 is 9.57 Å². The first-order chi connectivity index (χ1) is 12.6. The van der Waals surface area contributed by atoms with Gasteiger partial charge in [-0.15, -0.1) is 0 Å². The van der Waals surface area contributed by atoms with Crippen molar-refractivity contribution in [3.05, 3.63) is 59.2 Å². The van der Waals surface area contributed by atoms with Crippen LogP contribution in [0.3, 0.4) is 0 Å². The lowest BCUT2D eigenvalue weighted by atomic mass is 9.97. The number of hydrogen-bond donors (Lipinski definition) is 0. The van der Waals surface area contributed by atoms with Gasteiger partial charge in [0.15, 0.2) is 6.10 Å². The number of hydrogen-bond acceptors (Lipinski definition) is 4. The molecule has 0 aliphatic carbocycles. The van der Waals surface area contributed by atoms with E-state index < -0.39 is 0 Å². The van der Waals surface area contributed by atoms with Gasteiger partial charge in [-0.1, -0.05) is 35.5 Å². The fourth-order valence-electron chi connectivity index (χ4n) is 2.85. The Morgan fingerprint density at radius 3 is 2.77 bits per heavy atom. The van der Waals surface area contributed by atoms with Gasteiger partial charge in [0, 0.05) is 31.6 Å². The monoisotopic (exact) mass is 351 g/mol. The van der Waals surface area contributed by atoms with Crippen molar-refractivity contribution >= 4 is 17.7 Å². The summed E-state index contributed by atoms with van der Waals surface area (Å²) < 4.78 is 5.61. The molecule has 2 aromatic rings. The van der Waals surface area contributed by atoms with Gasteiger partial charge in [-0.3, -0.25) is 0 Å². The maximum absolute atomic E-state index is 5.72. The fraction of sp³-hybridized carbons (Fsp3) is 0.333. The zero-order valence-corrected chi connectivity index (χ0v) is 15.8. The van der Waals surface area contributed by atoms with Crippen LogP contribution in [0, 0.1) is 6.92 Å². The van der Waals surface area contributed by atoms with Crippen LogP contribution >= 0.6 is 0 Å². The maximum Gasteiger partial charge on any atom is 0.161 e. The number of rotatable bonds is 6. The SMILES string of the molecule is CCN(C)/C=N/c1cc(OC)c(C2CC(c3ccccc3)=NO2)cc1C. The molecule has 0 spiro atoms. The summed E-state index contributed by atoms with van der Waals surface area (Å²) in [6.07, 6.45) is 2.42. The van der Waals surface area contributed by atoms with Crippen LogP contribution in [0.5, 0.6) is 5.75 Å². The summed E-state index contributed by atoms with van der Waals surface area (Å²) in [7, 11) is 3.67. The lowest BCUT2D eigenvalue weighted by Gasteiger charge is -2.16. The molecule has 0 saturated carbocycles. The van der Waals surface area contributed by atoms with Gasteiger partial charge in [-0.05, 0) is 31.0 Å². The minimum atomic E-state index is -0.143. The topological polar surface area (TPSA) is 46.4 Å². The molecule has 0 fully saturated rings. The van der Waals surface area contributed by atoms with Crippen LogP contribution in [0.25, 0.3) is 0 Å². The molecule has 136 valence electrons. The van der Waals surface area contributed by atoms with E-state index in [1.807, 2.05) is 42.6 Å². The first-order valence-electron chi connectivity index (χ1n) is 8.83. The zero-order chi connectivity index (χ0) is 18.5. The highest BCUT2D eigenvalue weighted by Crippen LogP contribution is 2.38. The van der Waals surface area contributed by atoms with E-state index in [1.165, 1.54) is 0 Å². The molecular weight excluding hydrogens is 326 g/mol. The first kappa shape index (κ1) is 18.0. The second-order valence-corrected chi connectivity index (χ2v) is 6.40. The largest absolute Gasteiger partial charge is 0.496 e. The molecule has 0 aromatic heterocycles. The molecule has 0 N–H and O–H groups in total. The Morgan fingerprint density at radius 2 is 2.08 bits per heavy atom. The van der Waals surface area contributed by atoms with Crippen LogP contribution in [0.4, 0.5) is 5.69 Å². The van der Waals surface area contributed by atoms with Crippen LogP contribution in [-0.2, 0) is 4.84 Å². The zero-order valence-electron chi connectivity index (χ0n) is 15.8. The third kappa shape index (κ3) is 3.87. The lowest BCUT2D eigenvalue weighted by Crippen LogP contribution is -2.14. The van der Waals surface area contributed by atoms with E-state index in [-0.39, 0.29) is 6.10 Å². The smallest absolute Gasteiger partial charge is 0.161 e. The molecule has 0 bridgehead atoms. The van der Waals surface area contributed by atoms with Crippen molar-refractivity contribution in [1.82, 2.24) is 4.90 Å². The number of aliphatic imine (C=N–C) groups is 1. The molecule has 5 heteroatoms. The Balaban J connectivity index is 1.83. The summed E-state index contributed by atoms with van der Waals surface area (Å²) in [4.78, 5) is 12.3. The lowest BCUT2D eigenvalue weighted by molar-refractivity contribution is 0.0836. The average molecular weight is 351 g/mol. The highest BCUT2D eigenvalue weighted by atomic mass is 16.6. The molecule has 1 aliphatic rings. The van der Waals surface area contributed by atoms with Crippen molar-refractivity contribution in [1.29, 1.82) is 0 Å². The molecule has 2 aromatic carbocycles. The quantitative estimate of drug-likeness (QED) is 0.569. The molecule has 1 unspecified atom stereocenters. The van der Waals surface area contributed by atoms with E-state index in [0.29, 0.717) is 0 Å². The molecule has 26 heavy (non-hydrogen) atoms. The standard InChI is InChI=1S/C21H25N3O2/c1-5-24(3)14-22-18-12-20(25-4)17(11-15(18)2)21-13-19(23-26-21)16-9-7-6-8-10-16/h6-12,14,21H,5,13H2,1-4H3/b22-14+. The average Bonchev–Trinajstić information content (AvgIpc) is 3.17. The number of oxime groups is 1. The Kier molecular flexibility index (Phi) is 5.56. The van der Waals surface area contributed by atoms with E-state index in [0.717, 1.165) is 46.8 Å². The van der Waals surface area contributed by atoms with E-state index in [1.54, 1.807) is 7.11 Å². The summed E-state index contributed by atoms with van der Waals surface area (Å²) in [5, 5.41) is 4.29. The molecule has 0 amide bonds. The van der Waals surface area contributed by atoms with Crippen molar-refractivity contribution in [3.63, 3.8) is 0 Å². The van der Waals surface area contributed by atoms with Gasteiger partial charge < -0.3 is 14.5 Å². The second kappa shape index (κ2) is 8.04. The van der Waals surface area contributed by atoms with Gasteiger partial charge in [0.05, 0.1) is 24.8 Å². The molecule has 1 heterocycles. The molecule has 5 nitrogen and oxygen atoms in total. The number of methoxy groups -OCH3 is 1. The van der Waals surface area contributed by atoms with E-state index >= 15 is 0 Å². The van der Waals surface area contributed by atoms with Gasteiger partial charge in [-0.2, -0.15) is 0 Å². The second-order valence-electron chi connectivity index (χ2n) is 6.40. The third-order valence-corrected chi connectivity index (χ3v) is 4.56. The predicted molar refractivity (Wildman–Crippen MR) is 106 cm³/mol. The van der Waals surface area contributed by atoms with E-state index in [4.69, 9.17) is 9.57 Å². The van der Waals surface area contributed by atoms with Gasteiger partial charge in [0.25, 0.3) is 0 Å². The summed E-state index contributed by atoms with van der Waals surface area (Å²) in [5.41, 5.74) is 5.03. The van der Waals surface area contributed by atoms with Gasteiger partial charge in [0.1, 0.15) is 5.75 Å². The first-order valence-corrected chi connectivity index (χ1v) is 8.83. The fourth-order valence-corrected chi connectivity index (χ4v) is 2.85. The highest BCUT2D eigenvalue weighted by molar-refractivity contribution is 6.01. The molecule has 0 radical (unpaired) electrons. The predicted octanol–water partition coefficient (Wildman–Crippen LogP) is 4.48. The van der Waals surface area contributed by atoms with Gasteiger partial charge >= 0.3 is 0 Å². The summed E-state index contributed by atoms with van der Waals surface area (Å²) in [6.45, 7) is 5.05. The van der Waals surface area contributed by atoms with Crippen LogP contribution in [0.1, 0.15) is 36.1 Å². The van der Waals surface area contributed by atoms with Gasteiger partial charge in [-0.25, -0.2) is 4.99 Å². The summed E-state index contributed by atoms with van der Waals surface area (Å²) in [5.74, 6) is 0.774. The molecule has 1 atom stereocenters. The van der Waals surface area contributed by atoms with Crippen LogP contribution in [0.15, 0.2) is 52.6 Å². The molecule has 1 aliphatic heterocycles. The minimum Gasteiger partial charge on any atom is -0.496 e. The normalized spacial score (nSPS) is 16.5. The number of aryl methyl sites for hydroxylation is 1. The number of ether oxygens (including phenoxy) is 1. The molecule has 3 rings (SSSR count). The number of nitrogens with zero attached hydrogens (tertiary/aromatic N) is 3.